The summed E-state index contributed by atoms with van der Waals surface area (Å²) >= 11 is 0. The Balaban J connectivity index is 0.00000208. The minimum Gasteiger partial charge on any atom is -0.497 e. The number of methoxy groups -OCH3 is 1. The van der Waals surface area contributed by atoms with Crippen LogP contribution in [0.4, 0.5) is 0 Å². The predicted molar refractivity (Wildman–Crippen MR) is 105 cm³/mol. The molecule has 1 aromatic carbocycles. The zero-order valence-corrected chi connectivity index (χ0v) is 16.2. The highest BCUT2D eigenvalue weighted by molar-refractivity contribution is 14.0. The largest absolute Gasteiger partial charge is 0.497 e. The Hall–Kier alpha value is -1.84. The summed E-state index contributed by atoms with van der Waals surface area (Å²) in [6.07, 6.45) is 2.43. The van der Waals surface area contributed by atoms with Gasteiger partial charge in [-0.25, -0.2) is 9.98 Å². The molecule has 1 aliphatic rings. The highest BCUT2D eigenvalue weighted by atomic mass is 127. The van der Waals surface area contributed by atoms with Crippen LogP contribution in [0.1, 0.15) is 25.6 Å². The smallest absolute Gasteiger partial charge is 0.191 e. The van der Waals surface area contributed by atoms with Crippen LogP contribution in [0.15, 0.2) is 29.3 Å². The van der Waals surface area contributed by atoms with Crippen molar-refractivity contribution in [3.05, 3.63) is 30.1 Å². The number of H-pyrrole nitrogens is 1. The Kier molecular flexibility index (Phi) is 6.83. The van der Waals surface area contributed by atoms with E-state index in [1.807, 2.05) is 24.3 Å². The third-order valence-corrected chi connectivity index (χ3v) is 3.53. The van der Waals surface area contributed by atoms with Crippen molar-refractivity contribution >= 4 is 29.9 Å². The molecule has 0 amide bonds. The van der Waals surface area contributed by atoms with E-state index in [4.69, 9.17) is 4.74 Å². The molecular formula is C16H23IN6O. The lowest BCUT2D eigenvalue weighted by Crippen LogP contribution is -2.38. The van der Waals surface area contributed by atoms with Gasteiger partial charge in [-0.2, -0.15) is 5.10 Å². The van der Waals surface area contributed by atoms with E-state index in [2.05, 4.69) is 37.7 Å². The van der Waals surface area contributed by atoms with Gasteiger partial charge in [-0.3, -0.25) is 5.10 Å². The van der Waals surface area contributed by atoms with E-state index in [1.54, 1.807) is 7.11 Å². The fourth-order valence-corrected chi connectivity index (χ4v) is 2.13. The molecule has 2 aromatic rings. The molecule has 7 nitrogen and oxygen atoms in total. The third kappa shape index (κ3) is 5.08. The number of hydrogen-bond acceptors (Lipinski definition) is 4. The normalized spacial score (nSPS) is 14.0. The van der Waals surface area contributed by atoms with Crippen molar-refractivity contribution in [1.82, 2.24) is 25.8 Å². The van der Waals surface area contributed by atoms with Gasteiger partial charge in [-0.1, -0.05) is 0 Å². The van der Waals surface area contributed by atoms with Crippen molar-refractivity contribution < 1.29 is 4.74 Å². The van der Waals surface area contributed by atoms with Gasteiger partial charge in [0.05, 0.1) is 7.11 Å². The van der Waals surface area contributed by atoms with Gasteiger partial charge in [0.1, 0.15) is 18.1 Å². The monoisotopic (exact) mass is 442 g/mol. The van der Waals surface area contributed by atoms with Crippen molar-refractivity contribution in [1.29, 1.82) is 0 Å². The van der Waals surface area contributed by atoms with Gasteiger partial charge in [0, 0.05) is 18.2 Å². The van der Waals surface area contributed by atoms with E-state index in [1.165, 1.54) is 12.8 Å². The van der Waals surface area contributed by atoms with E-state index in [0.717, 1.165) is 29.6 Å². The summed E-state index contributed by atoms with van der Waals surface area (Å²) in [5, 5.41) is 13.8. The summed E-state index contributed by atoms with van der Waals surface area (Å²) in [7, 11) is 1.65. The molecule has 3 rings (SSSR count). The predicted octanol–water partition coefficient (Wildman–Crippen LogP) is 2.32. The number of nitrogens with one attached hydrogen (secondary N) is 3. The lowest BCUT2D eigenvalue weighted by molar-refractivity contribution is 0.415. The molecule has 0 unspecified atom stereocenters. The highest BCUT2D eigenvalue weighted by Gasteiger charge is 2.22. The van der Waals surface area contributed by atoms with Crippen LogP contribution in [0.5, 0.6) is 5.75 Å². The van der Waals surface area contributed by atoms with Gasteiger partial charge in [0.2, 0.25) is 0 Å². The Morgan fingerprint density at radius 2 is 2.08 bits per heavy atom. The number of aliphatic imine (C=N–C) groups is 1. The molecule has 24 heavy (non-hydrogen) atoms. The SMILES string of the molecule is CCNC(=NCc1nc(-c2ccc(OC)cc2)n[nH]1)NC1CC1.I. The van der Waals surface area contributed by atoms with Crippen molar-refractivity contribution in [2.24, 2.45) is 4.99 Å². The molecule has 0 aliphatic heterocycles. The molecule has 130 valence electrons. The summed E-state index contributed by atoms with van der Waals surface area (Å²) in [6.45, 7) is 3.36. The molecule has 8 heteroatoms. The van der Waals surface area contributed by atoms with Crippen molar-refractivity contribution in [3.8, 4) is 17.1 Å². The molecule has 1 fully saturated rings. The fourth-order valence-electron chi connectivity index (χ4n) is 2.13. The summed E-state index contributed by atoms with van der Waals surface area (Å²) < 4.78 is 5.15. The zero-order valence-electron chi connectivity index (χ0n) is 13.9. The molecule has 3 N–H and O–H groups in total. The van der Waals surface area contributed by atoms with E-state index in [0.29, 0.717) is 18.4 Å². The van der Waals surface area contributed by atoms with Gasteiger partial charge in [0.25, 0.3) is 0 Å². The first-order valence-corrected chi connectivity index (χ1v) is 7.89. The van der Waals surface area contributed by atoms with Crippen LogP contribution < -0.4 is 15.4 Å². The maximum Gasteiger partial charge on any atom is 0.191 e. The first-order valence-electron chi connectivity index (χ1n) is 7.89. The molecule has 0 bridgehead atoms. The summed E-state index contributed by atoms with van der Waals surface area (Å²) in [5.74, 6) is 3.05. The number of ether oxygens (including phenoxy) is 1. The average Bonchev–Trinajstić information content (AvgIpc) is 3.27. The van der Waals surface area contributed by atoms with Gasteiger partial charge in [-0.05, 0) is 44.0 Å². The minimum atomic E-state index is 0. The molecule has 1 saturated carbocycles. The van der Waals surface area contributed by atoms with Crippen LogP contribution in [-0.2, 0) is 6.54 Å². The molecule has 0 atom stereocenters. The number of halogens is 1. The van der Waals surface area contributed by atoms with Gasteiger partial charge in [0.15, 0.2) is 11.8 Å². The summed E-state index contributed by atoms with van der Waals surface area (Å²) in [5.41, 5.74) is 0.945. The van der Waals surface area contributed by atoms with E-state index < -0.39 is 0 Å². The van der Waals surface area contributed by atoms with Gasteiger partial charge < -0.3 is 15.4 Å². The summed E-state index contributed by atoms with van der Waals surface area (Å²) in [6, 6.07) is 8.23. The minimum absolute atomic E-state index is 0. The van der Waals surface area contributed by atoms with E-state index >= 15 is 0 Å². The first-order chi connectivity index (χ1) is 11.3. The number of hydrogen-bond donors (Lipinski definition) is 3. The zero-order chi connectivity index (χ0) is 16.1. The third-order valence-electron chi connectivity index (χ3n) is 3.53. The average molecular weight is 442 g/mol. The quantitative estimate of drug-likeness (QED) is 0.363. The molecular weight excluding hydrogens is 419 g/mol. The number of nitrogens with zero attached hydrogens (tertiary/aromatic N) is 3. The lowest BCUT2D eigenvalue weighted by atomic mass is 10.2. The number of guanidine groups is 1. The van der Waals surface area contributed by atoms with Crippen LogP contribution in [0, 0.1) is 0 Å². The molecule has 1 aliphatic carbocycles. The number of benzene rings is 1. The molecule has 1 heterocycles. The maximum absolute atomic E-state index is 5.15. The van der Waals surface area contributed by atoms with Crippen LogP contribution in [0.3, 0.4) is 0 Å². The fraction of sp³-hybridized carbons (Fsp3) is 0.438. The van der Waals surface area contributed by atoms with Gasteiger partial charge >= 0.3 is 0 Å². The first kappa shape index (κ1) is 18.5. The second-order valence-electron chi connectivity index (χ2n) is 5.45. The summed E-state index contributed by atoms with van der Waals surface area (Å²) in [4.78, 5) is 9.03. The Bertz CT molecular complexity index is 665. The van der Waals surface area contributed by atoms with Crippen molar-refractivity contribution in [2.45, 2.75) is 32.4 Å². The second kappa shape index (κ2) is 8.86. The Morgan fingerprint density at radius 1 is 1.33 bits per heavy atom. The van der Waals surface area contributed by atoms with Crippen LogP contribution >= 0.6 is 24.0 Å². The lowest BCUT2D eigenvalue weighted by Gasteiger charge is -2.09. The maximum atomic E-state index is 5.15. The Morgan fingerprint density at radius 3 is 2.71 bits per heavy atom. The topological polar surface area (TPSA) is 87.2 Å². The Labute approximate surface area is 158 Å². The molecule has 0 saturated heterocycles. The number of aromatic amines is 1. The van der Waals surface area contributed by atoms with Gasteiger partial charge in [-0.15, -0.1) is 24.0 Å². The molecule has 0 radical (unpaired) electrons. The van der Waals surface area contributed by atoms with Crippen LogP contribution in [-0.4, -0.2) is 40.8 Å². The van der Waals surface area contributed by atoms with Crippen molar-refractivity contribution in [3.63, 3.8) is 0 Å². The standard InChI is InChI=1S/C16H22N6O.HI/c1-3-17-16(19-12-6-7-12)18-10-14-20-15(22-21-14)11-4-8-13(23-2)9-5-11;/h4-5,8-9,12H,3,6-7,10H2,1-2H3,(H2,17,18,19)(H,20,21,22);1H. The van der Waals surface area contributed by atoms with E-state index in [9.17, 15) is 0 Å². The number of rotatable bonds is 6. The van der Waals surface area contributed by atoms with Crippen molar-refractivity contribution in [2.75, 3.05) is 13.7 Å². The van der Waals surface area contributed by atoms with Crippen LogP contribution in [0.2, 0.25) is 0 Å². The second-order valence-corrected chi connectivity index (χ2v) is 5.45. The van der Waals surface area contributed by atoms with Crippen LogP contribution in [0.25, 0.3) is 11.4 Å². The number of aromatic nitrogens is 3. The molecule has 1 aromatic heterocycles. The van der Waals surface area contributed by atoms with E-state index in [-0.39, 0.29) is 24.0 Å². The molecule has 0 spiro atoms. The highest BCUT2D eigenvalue weighted by Crippen LogP contribution is 2.19.